The minimum absolute atomic E-state index is 0.0530. The quantitative estimate of drug-likeness (QED) is 0.816. The van der Waals surface area contributed by atoms with Gasteiger partial charge in [0.25, 0.3) is 0 Å². The molecule has 0 bridgehead atoms. The first kappa shape index (κ1) is 15.0. The van der Waals surface area contributed by atoms with E-state index in [0.29, 0.717) is 0 Å². The van der Waals surface area contributed by atoms with E-state index in [1.807, 2.05) is 13.0 Å². The van der Waals surface area contributed by atoms with E-state index in [4.69, 9.17) is 11.6 Å². The Bertz CT molecular complexity index is 597. The van der Waals surface area contributed by atoms with E-state index >= 15 is 0 Å². The fourth-order valence-corrected chi connectivity index (χ4v) is 2.41. The zero-order chi connectivity index (χ0) is 14.7. The van der Waals surface area contributed by atoms with Crippen LogP contribution in [0.5, 0.6) is 0 Å². The predicted octanol–water partition coefficient (Wildman–Crippen LogP) is 5.20. The molecule has 0 radical (unpaired) electrons. The van der Waals surface area contributed by atoms with E-state index in [1.54, 1.807) is 6.07 Å². The maximum Gasteiger partial charge on any atom is 0.142 e. The summed E-state index contributed by atoms with van der Waals surface area (Å²) in [6.07, 6.45) is 0. The minimum atomic E-state index is -0.374. The SMILES string of the molecule is Cc1cccc([C@@H](C)NC(C)c2ccc(Cl)c(F)c2)c1. The van der Waals surface area contributed by atoms with Crippen molar-refractivity contribution in [2.75, 3.05) is 0 Å². The molecule has 106 valence electrons. The Kier molecular flexibility index (Phi) is 4.79. The van der Waals surface area contributed by atoms with Crippen molar-refractivity contribution in [2.24, 2.45) is 0 Å². The van der Waals surface area contributed by atoms with E-state index in [0.717, 1.165) is 5.56 Å². The Morgan fingerprint density at radius 3 is 2.25 bits per heavy atom. The van der Waals surface area contributed by atoms with Gasteiger partial charge in [-0.25, -0.2) is 4.39 Å². The molecule has 0 aromatic heterocycles. The van der Waals surface area contributed by atoms with Crippen LogP contribution in [0.15, 0.2) is 42.5 Å². The van der Waals surface area contributed by atoms with Crippen molar-refractivity contribution in [1.82, 2.24) is 5.32 Å². The van der Waals surface area contributed by atoms with Crippen LogP contribution in [-0.4, -0.2) is 0 Å². The highest BCUT2D eigenvalue weighted by Gasteiger charge is 2.12. The highest BCUT2D eigenvalue weighted by atomic mass is 35.5. The molecule has 0 aliphatic rings. The van der Waals surface area contributed by atoms with Gasteiger partial charge >= 0.3 is 0 Å². The lowest BCUT2D eigenvalue weighted by Gasteiger charge is -2.21. The van der Waals surface area contributed by atoms with Crippen LogP contribution >= 0.6 is 11.6 Å². The van der Waals surface area contributed by atoms with Gasteiger partial charge in [-0.2, -0.15) is 0 Å². The second-order valence-corrected chi connectivity index (χ2v) is 5.60. The van der Waals surface area contributed by atoms with Crippen LogP contribution in [0.25, 0.3) is 0 Å². The lowest BCUT2D eigenvalue weighted by atomic mass is 10.0. The van der Waals surface area contributed by atoms with Gasteiger partial charge in [-0.15, -0.1) is 0 Å². The number of aryl methyl sites for hydroxylation is 1. The van der Waals surface area contributed by atoms with Crippen molar-refractivity contribution < 1.29 is 4.39 Å². The Balaban J connectivity index is 2.10. The van der Waals surface area contributed by atoms with Crippen molar-refractivity contribution in [1.29, 1.82) is 0 Å². The predicted molar refractivity (Wildman–Crippen MR) is 82.6 cm³/mol. The topological polar surface area (TPSA) is 12.0 Å². The molecule has 0 fully saturated rings. The average molecular weight is 292 g/mol. The van der Waals surface area contributed by atoms with Gasteiger partial charge < -0.3 is 5.32 Å². The van der Waals surface area contributed by atoms with E-state index in [-0.39, 0.29) is 22.9 Å². The second-order valence-electron chi connectivity index (χ2n) is 5.20. The van der Waals surface area contributed by atoms with E-state index in [2.05, 4.69) is 43.4 Å². The summed E-state index contributed by atoms with van der Waals surface area (Å²) >= 11 is 5.71. The molecule has 2 aromatic carbocycles. The normalized spacial score (nSPS) is 14.1. The molecule has 0 amide bonds. The lowest BCUT2D eigenvalue weighted by molar-refractivity contribution is 0.492. The number of halogens is 2. The Morgan fingerprint density at radius 1 is 1.00 bits per heavy atom. The van der Waals surface area contributed by atoms with Crippen LogP contribution in [0.3, 0.4) is 0 Å². The van der Waals surface area contributed by atoms with E-state index < -0.39 is 0 Å². The van der Waals surface area contributed by atoms with Gasteiger partial charge in [-0.1, -0.05) is 47.5 Å². The van der Waals surface area contributed by atoms with Crippen LogP contribution in [0, 0.1) is 12.7 Å². The highest BCUT2D eigenvalue weighted by molar-refractivity contribution is 6.30. The molecular weight excluding hydrogens is 273 g/mol. The average Bonchev–Trinajstić information content (AvgIpc) is 2.41. The third kappa shape index (κ3) is 3.59. The van der Waals surface area contributed by atoms with Crippen LogP contribution in [0.2, 0.25) is 5.02 Å². The summed E-state index contributed by atoms with van der Waals surface area (Å²) in [6, 6.07) is 13.6. The number of rotatable bonds is 4. The summed E-state index contributed by atoms with van der Waals surface area (Å²) in [7, 11) is 0. The Labute approximate surface area is 124 Å². The third-order valence-electron chi connectivity index (χ3n) is 3.49. The van der Waals surface area contributed by atoms with Crippen molar-refractivity contribution in [2.45, 2.75) is 32.9 Å². The fraction of sp³-hybridized carbons (Fsp3) is 0.294. The lowest BCUT2D eigenvalue weighted by Crippen LogP contribution is -2.22. The van der Waals surface area contributed by atoms with Gasteiger partial charge in [0.1, 0.15) is 5.82 Å². The van der Waals surface area contributed by atoms with E-state index in [9.17, 15) is 4.39 Å². The molecular formula is C17H19ClFN. The molecule has 0 saturated heterocycles. The fourth-order valence-electron chi connectivity index (χ4n) is 2.29. The van der Waals surface area contributed by atoms with Crippen molar-refractivity contribution >= 4 is 11.6 Å². The molecule has 1 nitrogen and oxygen atoms in total. The van der Waals surface area contributed by atoms with Crippen molar-refractivity contribution in [3.05, 3.63) is 70.0 Å². The first-order valence-electron chi connectivity index (χ1n) is 6.75. The molecule has 0 aliphatic heterocycles. The molecule has 1 unspecified atom stereocenters. The van der Waals surface area contributed by atoms with Gasteiger partial charge in [0, 0.05) is 12.1 Å². The Hall–Kier alpha value is -1.38. The summed E-state index contributed by atoms with van der Waals surface area (Å²) in [5, 5.41) is 3.64. The molecule has 2 aromatic rings. The Morgan fingerprint density at radius 2 is 1.65 bits per heavy atom. The largest absolute Gasteiger partial charge is 0.304 e. The molecule has 2 rings (SSSR count). The second kappa shape index (κ2) is 6.38. The number of hydrogen-bond donors (Lipinski definition) is 1. The van der Waals surface area contributed by atoms with Gasteiger partial charge in [0.15, 0.2) is 0 Å². The summed E-state index contributed by atoms with van der Waals surface area (Å²) in [5.41, 5.74) is 3.36. The van der Waals surface area contributed by atoms with Crippen molar-refractivity contribution in [3.8, 4) is 0 Å². The standard InChI is InChI=1S/C17H19ClFN/c1-11-5-4-6-14(9-11)12(2)20-13(3)15-7-8-16(18)17(19)10-15/h4-10,12-13,20H,1-3H3/t12-,13?/m1/s1. The number of benzene rings is 2. The first-order valence-corrected chi connectivity index (χ1v) is 7.12. The number of nitrogens with one attached hydrogen (secondary N) is 1. The van der Waals surface area contributed by atoms with Crippen LogP contribution in [0.4, 0.5) is 4.39 Å². The zero-order valence-corrected chi connectivity index (χ0v) is 12.7. The molecule has 20 heavy (non-hydrogen) atoms. The van der Waals surface area contributed by atoms with Gasteiger partial charge in [0.2, 0.25) is 0 Å². The maximum absolute atomic E-state index is 13.5. The zero-order valence-electron chi connectivity index (χ0n) is 12.0. The smallest absolute Gasteiger partial charge is 0.142 e. The molecule has 0 aliphatic carbocycles. The first-order chi connectivity index (χ1) is 9.47. The van der Waals surface area contributed by atoms with Crippen LogP contribution in [-0.2, 0) is 0 Å². The molecule has 2 atom stereocenters. The van der Waals surface area contributed by atoms with E-state index in [1.165, 1.54) is 17.2 Å². The number of hydrogen-bond acceptors (Lipinski definition) is 1. The van der Waals surface area contributed by atoms with Gasteiger partial charge in [0.05, 0.1) is 5.02 Å². The molecule has 3 heteroatoms. The summed E-state index contributed by atoms with van der Waals surface area (Å²) in [6.45, 7) is 6.21. The minimum Gasteiger partial charge on any atom is -0.304 e. The van der Waals surface area contributed by atoms with Crippen LogP contribution in [0.1, 0.15) is 42.6 Å². The van der Waals surface area contributed by atoms with Crippen molar-refractivity contribution in [3.63, 3.8) is 0 Å². The third-order valence-corrected chi connectivity index (χ3v) is 3.79. The molecule has 0 spiro atoms. The monoisotopic (exact) mass is 291 g/mol. The summed E-state index contributed by atoms with van der Waals surface area (Å²) in [4.78, 5) is 0. The summed E-state index contributed by atoms with van der Waals surface area (Å²) < 4.78 is 13.5. The highest BCUT2D eigenvalue weighted by Crippen LogP contribution is 2.23. The molecule has 1 N–H and O–H groups in total. The van der Waals surface area contributed by atoms with Crippen LogP contribution < -0.4 is 5.32 Å². The molecule has 0 heterocycles. The summed E-state index contributed by atoms with van der Waals surface area (Å²) in [5.74, 6) is -0.374. The van der Waals surface area contributed by atoms with Gasteiger partial charge in [-0.3, -0.25) is 0 Å². The molecule has 0 saturated carbocycles. The van der Waals surface area contributed by atoms with Gasteiger partial charge in [-0.05, 0) is 44.0 Å². The maximum atomic E-state index is 13.5.